The summed E-state index contributed by atoms with van der Waals surface area (Å²) in [7, 11) is 0. The van der Waals surface area contributed by atoms with Crippen LogP contribution >= 0.6 is 0 Å². The molecule has 0 atom stereocenters. The first-order valence-electron chi connectivity index (χ1n) is 9.07. The number of hydrogen-bond donors (Lipinski definition) is 2. The second kappa shape index (κ2) is 6.86. The summed E-state index contributed by atoms with van der Waals surface area (Å²) in [5.74, 6) is -0.380. The molecule has 2 amide bonds. The lowest BCUT2D eigenvalue weighted by Crippen LogP contribution is -2.48. The van der Waals surface area contributed by atoms with Crippen LogP contribution in [0.1, 0.15) is 18.4 Å². The third-order valence-electron chi connectivity index (χ3n) is 5.40. The van der Waals surface area contributed by atoms with Gasteiger partial charge >= 0.3 is 6.03 Å². The average molecular weight is 354 g/mol. The number of para-hydroxylation sites is 1. The smallest absolute Gasteiger partial charge is 0.322 e. The molecule has 26 heavy (non-hydrogen) atoms. The lowest BCUT2D eigenvalue weighted by atomic mass is 10.0. The fourth-order valence-corrected chi connectivity index (χ4v) is 3.89. The molecule has 5 nitrogen and oxygen atoms in total. The van der Waals surface area contributed by atoms with E-state index in [9.17, 15) is 9.18 Å². The second-order valence-corrected chi connectivity index (χ2v) is 6.95. The number of nitrogen functional groups attached to an aromatic ring is 1. The van der Waals surface area contributed by atoms with E-state index in [2.05, 4.69) is 16.3 Å². The highest BCUT2D eigenvalue weighted by molar-refractivity contribution is 5.91. The van der Waals surface area contributed by atoms with E-state index >= 15 is 0 Å². The van der Waals surface area contributed by atoms with Crippen LogP contribution in [0.5, 0.6) is 0 Å². The largest absolute Gasteiger partial charge is 0.396 e. The van der Waals surface area contributed by atoms with Gasteiger partial charge in [-0.05, 0) is 49.1 Å². The summed E-state index contributed by atoms with van der Waals surface area (Å²) < 4.78 is 13.7. The number of nitrogens with two attached hydrogens (primary N) is 1. The lowest BCUT2D eigenvalue weighted by Gasteiger charge is -2.39. The van der Waals surface area contributed by atoms with Gasteiger partial charge in [-0.15, -0.1) is 0 Å². The maximum atomic E-state index is 13.7. The minimum Gasteiger partial charge on any atom is -0.396 e. The third-order valence-corrected chi connectivity index (χ3v) is 5.40. The molecule has 6 heteroatoms. The number of hydrogen-bond acceptors (Lipinski definition) is 3. The first kappa shape index (κ1) is 16.7. The number of benzene rings is 2. The van der Waals surface area contributed by atoms with Crippen molar-refractivity contribution in [2.45, 2.75) is 25.3 Å². The quantitative estimate of drug-likeness (QED) is 0.812. The number of rotatable bonds is 2. The third kappa shape index (κ3) is 3.19. The molecule has 136 valence electrons. The van der Waals surface area contributed by atoms with Crippen LogP contribution in [-0.4, -0.2) is 36.6 Å². The zero-order chi connectivity index (χ0) is 18.1. The Bertz CT molecular complexity index is 817. The first-order valence-corrected chi connectivity index (χ1v) is 9.07. The Morgan fingerprint density at radius 3 is 2.62 bits per heavy atom. The van der Waals surface area contributed by atoms with Gasteiger partial charge in [0.25, 0.3) is 0 Å². The Kier molecular flexibility index (Phi) is 4.41. The van der Waals surface area contributed by atoms with Crippen molar-refractivity contribution in [1.29, 1.82) is 0 Å². The molecule has 2 aliphatic rings. The zero-order valence-corrected chi connectivity index (χ0v) is 14.6. The van der Waals surface area contributed by atoms with Crippen molar-refractivity contribution < 1.29 is 9.18 Å². The molecule has 2 aromatic carbocycles. The summed E-state index contributed by atoms with van der Waals surface area (Å²) in [6.45, 7) is 2.32. The van der Waals surface area contributed by atoms with Crippen LogP contribution in [0.15, 0.2) is 42.5 Å². The number of anilines is 3. The van der Waals surface area contributed by atoms with Crippen molar-refractivity contribution in [3.8, 4) is 0 Å². The Labute approximate surface area is 152 Å². The predicted octanol–water partition coefficient (Wildman–Crippen LogP) is 3.47. The van der Waals surface area contributed by atoms with E-state index in [4.69, 9.17) is 5.73 Å². The van der Waals surface area contributed by atoms with E-state index in [1.165, 1.54) is 11.6 Å². The number of piperidine rings is 1. The van der Waals surface area contributed by atoms with Gasteiger partial charge in [-0.25, -0.2) is 9.18 Å². The summed E-state index contributed by atoms with van der Waals surface area (Å²) in [6.07, 6.45) is 2.60. The SMILES string of the molecule is Nc1ccc(N2CCC(N3CCc4ccccc4NC3=O)CC2)cc1F. The fraction of sp³-hybridized carbons (Fsp3) is 0.350. The summed E-state index contributed by atoms with van der Waals surface area (Å²) in [5.41, 5.74) is 8.67. The van der Waals surface area contributed by atoms with E-state index < -0.39 is 0 Å². The molecule has 0 bridgehead atoms. The standard InChI is InChI=1S/C20H23FN4O/c21-17-13-16(5-6-18(17)22)24-10-8-15(9-11-24)25-12-7-14-3-1-2-4-19(14)23-20(25)26/h1-6,13,15H,7-12,22H2,(H,23,26). The predicted molar refractivity (Wildman–Crippen MR) is 102 cm³/mol. The zero-order valence-electron chi connectivity index (χ0n) is 14.6. The summed E-state index contributed by atoms with van der Waals surface area (Å²) in [4.78, 5) is 16.8. The molecule has 2 aliphatic heterocycles. The van der Waals surface area contributed by atoms with Gasteiger partial charge in [0, 0.05) is 37.1 Å². The molecular formula is C20H23FN4O. The van der Waals surface area contributed by atoms with Gasteiger partial charge in [0.05, 0.1) is 5.69 Å². The van der Waals surface area contributed by atoms with E-state index in [1.807, 2.05) is 29.2 Å². The average Bonchev–Trinajstić information content (AvgIpc) is 2.82. The van der Waals surface area contributed by atoms with Gasteiger partial charge in [-0.1, -0.05) is 18.2 Å². The summed E-state index contributed by atoms with van der Waals surface area (Å²) >= 11 is 0. The number of nitrogens with one attached hydrogen (secondary N) is 1. The summed E-state index contributed by atoms with van der Waals surface area (Å²) in [5, 5.41) is 3.04. The maximum Gasteiger partial charge on any atom is 0.322 e. The number of carbonyl (C=O) groups excluding carboxylic acids is 1. The molecule has 2 aromatic rings. The van der Waals surface area contributed by atoms with E-state index in [0.717, 1.165) is 50.3 Å². The molecule has 1 saturated heterocycles. The molecule has 0 unspecified atom stereocenters. The second-order valence-electron chi connectivity index (χ2n) is 6.95. The number of halogens is 1. The number of urea groups is 1. The van der Waals surface area contributed by atoms with Crippen LogP contribution in [-0.2, 0) is 6.42 Å². The molecule has 1 fully saturated rings. The first-order chi connectivity index (χ1) is 12.6. The highest BCUT2D eigenvalue weighted by Crippen LogP contribution is 2.27. The number of carbonyl (C=O) groups is 1. The topological polar surface area (TPSA) is 61.6 Å². The van der Waals surface area contributed by atoms with E-state index in [0.29, 0.717) is 0 Å². The monoisotopic (exact) mass is 354 g/mol. The minimum atomic E-state index is -0.380. The maximum absolute atomic E-state index is 13.7. The number of amides is 2. The van der Waals surface area contributed by atoms with E-state index in [1.54, 1.807) is 6.07 Å². The van der Waals surface area contributed by atoms with Gasteiger partial charge < -0.3 is 20.9 Å². The van der Waals surface area contributed by atoms with Crippen molar-refractivity contribution >= 4 is 23.1 Å². The molecule has 0 aliphatic carbocycles. The van der Waals surface area contributed by atoms with Crippen LogP contribution in [0.3, 0.4) is 0 Å². The lowest BCUT2D eigenvalue weighted by molar-refractivity contribution is 0.177. The van der Waals surface area contributed by atoms with Crippen molar-refractivity contribution in [2.24, 2.45) is 0 Å². The van der Waals surface area contributed by atoms with Crippen molar-refractivity contribution in [3.05, 3.63) is 53.8 Å². The Morgan fingerprint density at radius 2 is 1.85 bits per heavy atom. The highest BCUT2D eigenvalue weighted by Gasteiger charge is 2.30. The highest BCUT2D eigenvalue weighted by atomic mass is 19.1. The Hall–Kier alpha value is -2.76. The van der Waals surface area contributed by atoms with Crippen LogP contribution < -0.4 is 16.0 Å². The van der Waals surface area contributed by atoms with Crippen molar-refractivity contribution in [3.63, 3.8) is 0 Å². The Morgan fingerprint density at radius 1 is 1.08 bits per heavy atom. The van der Waals surface area contributed by atoms with E-state index in [-0.39, 0.29) is 23.6 Å². The molecule has 0 aromatic heterocycles. The van der Waals surface area contributed by atoms with Crippen LogP contribution in [0, 0.1) is 5.82 Å². The molecule has 0 spiro atoms. The van der Waals surface area contributed by atoms with Gasteiger partial charge in [-0.3, -0.25) is 0 Å². The number of nitrogens with zero attached hydrogens (tertiary/aromatic N) is 2. The molecule has 2 heterocycles. The summed E-state index contributed by atoms with van der Waals surface area (Å²) in [6, 6.07) is 13.1. The van der Waals surface area contributed by atoms with Gasteiger partial charge in [0.15, 0.2) is 0 Å². The van der Waals surface area contributed by atoms with Crippen LogP contribution in [0.25, 0.3) is 0 Å². The fourth-order valence-electron chi connectivity index (χ4n) is 3.89. The van der Waals surface area contributed by atoms with Gasteiger partial charge in [0.2, 0.25) is 0 Å². The van der Waals surface area contributed by atoms with Crippen molar-refractivity contribution in [1.82, 2.24) is 4.90 Å². The van der Waals surface area contributed by atoms with Gasteiger partial charge in [0.1, 0.15) is 5.82 Å². The van der Waals surface area contributed by atoms with Crippen molar-refractivity contribution in [2.75, 3.05) is 35.6 Å². The van der Waals surface area contributed by atoms with Crippen LogP contribution in [0.4, 0.5) is 26.2 Å². The molecular weight excluding hydrogens is 331 g/mol. The molecule has 0 radical (unpaired) electrons. The minimum absolute atomic E-state index is 0.0214. The molecule has 4 rings (SSSR count). The number of fused-ring (bicyclic) bond motifs is 1. The van der Waals surface area contributed by atoms with Crippen LogP contribution in [0.2, 0.25) is 0 Å². The molecule has 3 N–H and O–H groups in total. The van der Waals surface area contributed by atoms with Gasteiger partial charge in [-0.2, -0.15) is 0 Å². The Balaban J connectivity index is 1.42. The molecule has 0 saturated carbocycles. The normalized spacial score (nSPS) is 18.3.